The number of hydrogen-bond donors (Lipinski definition) is 2. The van der Waals surface area contributed by atoms with Gasteiger partial charge in [0.2, 0.25) is 0 Å². The molecule has 15 heavy (non-hydrogen) atoms. The molecule has 0 bridgehead atoms. The molecule has 1 rings (SSSR count). The summed E-state index contributed by atoms with van der Waals surface area (Å²) in [5.41, 5.74) is 0.626. The summed E-state index contributed by atoms with van der Waals surface area (Å²) in [6, 6.07) is 7.17. The van der Waals surface area contributed by atoms with Crippen LogP contribution in [0.15, 0.2) is 24.3 Å². The van der Waals surface area contributed by atoms with E-state index in [1.54, 1.807) is 19.2 Å². The lowest BCUT2D eigenvalue weighted by Gasteiger charge is -2.22. The standard InChI is InChI=1S/C12H18O3/c1-8(2)11(13)12(14)9-6-4-5-7-10(9)15-3/h4-8,11-14H,1-3H3. The monoisotopic (exact) mass is 210 g/mol. The summed E-state index contributed by atoms with van der Waals surface area (Å²) in [7, 11) is 1.55. The minimum Gasteiger partial charge on any atom is -0.496 e. The number of benzene rings is 1. The smallest absolute Gasteiger partial charge is 0.124 e. The lowest BCUT2D eigenvalue weighted by molar-refractivity contribution is -0.0105. The molecule has 0 saturated carbocycles. The van der Waals surface area contributed by atoms with Crippen molar-refractivity contribution in [1.82, 2.24) is 0 Å². The van der Waals surface area contributed by atoms with E-state index >= 15 is 0 Å². The van der Waals surface area contributed by atoms with E-state index in [-0.39, 0.29) is 5.92 Å². The molecule has 0 fully saturated rings. The molecule has 2 N–H and O–H groups in total. The molecular weight excluding hydrogens is 192 g/mol. The molecule has 0 spiro atoms. The number of aliphatic hydroxyl groups is 2. The third-order valence-corrected chi connectivity index (χ3v) is 2.46. The van der Waals surface area contributed by atoms with E-state index in [1.807, 2.05) is 26.0 Å². The van der Waals surface area contributed by atoms with Crippen LogP contribution in [0.5, 0.6) is 5.75 Å². The fourth-order valence-electron chi connectivity index (χ4n) is 1.46. The quantitative estimate of drug-likeness (QED) is 0.796. The minimum absolute atomic E-state index is 0.00455. The average Bonchev–Trinajstić information content (AvgIpc) is 2.26. The summed E-state index contributed by atoms with van der Waals surface area (Å²) in [6.45, 7) is 3.73. The van der Waals surface area contributed by atoms with Gasteiger partial charge in [-0.3, -0.25) is 0 Å². The number of methoxy groups -OCH3 is 1. The Hall–Kier alpha value is -1.06. The highest BCUT2D eigenvalue weighted by atomic mass is 16.5. The van der Waals surface area contributed by atoms with E-state index in [0.29, 0.717) is 11.3 Å². The van der Waals surface area contributed by atoms with Gasteiger partial charge in [-0.1, -0.05) is 32.0 Å². The van der Waals surface area contributed by atoms with Gasteiger partial charge in [0.05, 0.1) is 13.2 Å². The zero-order valence-electron chi connectivity index (χ0n) is 9.34. The Bertz CT molecular complexity index is 309. The summed E-state index contributed by atoms with van der Waals surface area (Å²) in [4.78, 5) is 0. The molecule has 2 atom stereocenters. The van der Waals surface area contributed by atoms with Gasteiger partial charge in [-0.15, -0.1) is 0 Å². The fourth-order valence-corrected chi connectivity index (χ4v) is 1.46. The first-order chi connectivity index (χ1) is 7.07. The highest BCUT2D eigenvalue weighted by Gasteiger charge is 2.23. The van der Waals surface area contributed by atoms with E-state index in [4.69, 9.17) is 4.74 Å². The molecule has 1 aromatic carbocycles. The number of aliphatic hydroxyl groups excluding tert-OH is 2. The van der Waals surface area contributed by atoms with Crippen LogP contribution >= 0.6 is 0 Å². The highest BCUT2D eigenvalue weighted by molar-refractivity contribution is 5.35. The molecule has 3 heteroatoms. The summed E-state index contributed by atoms with van der Waals surface area (Å²) >= 11 is 0. The van der Waals surface area contributed by atoms with Crippen LogP contribution in [0, 0.1) is 5.92 Å². The summed E-state index contributed by atoms with van der Waals surface area (Å²) < 4.78 is 5.13. The molecule has 0 aliphatic carbocycles. The van der Waals surface area contributed by atoms with Crippen molar-refractivity contribution < 1.29 is 14.9 Å². The molecule has 0 radical (unpaired) electrons. The Morgan fingerprint density at radius 2 is 1.73 bits per heavy atom. The van der Waals surface area contributed by atoms with Gasteiger partial charge in [-0.25, -0.2) is 0 Å². The van der Waals surface area contributed by atoms with Crippen LogP contribution in [-0.2, 0) is 0 Å². The molecule has 3 nitrogen and oxygen atoms in total. The molecule has 84 valence electrons. The van der Waals surface area contributed by atoms with Gasteiger partial charge in [-0.05, 0) is 12.0 Å². The van der Waals surface area contributed by atoms with Gasteiger partial charge in [-0.2, -0.15) is 0 Å². The Balaban J connectivity index is 2.94. The molecule has 0 aromatic heterocycles. The van der Waals surface area contributed by atoms with E-state index < -0.39 is 12.2 Å². The van der Waals surface area contributed by atoms with Crippen molar-refractivity contribution in [2.45, 2.75) is 26.1 Å². The van der Waals surface area contributed by atoms with Crippen molar-refractivity contribution in [2.75, 3.05) is 7.11 Å². The number of rotatable bonds is 4. The van der Waals surface area contributed by atoms with Crippen molar-refractivity contribution in [3.63, 3.8) is 0 Å². The topological polar surface area (TPSA) is 49.7 Å². The Morgan fingerprint density at radius 3 is 2.27 bits per heavy atom. The Morgan fingerprint density at radius 1 is 1.13 bits per heavy atom. The van der Waals surface area contributed by atoms with Crippen LogP contribution in [0.3, 0.4) is 0 Å². The maximum atomic E-state index is 9.94. The Labute approximate surface area is 90.3 Å². The lowest BCUT2D eigenvalue weighted by Crippen LogP contribution is -2.24. The first-order valence-corrected chi connectivity index (χ1v) is 5.07. The zero-order valence-corrected chi connectivity index (χ0v) is 9.34. The van der Waals surface area contributed by atoms with Crippen LogP contribution < -0.4 is 4.74 Å². The van der Waals surface area contributed by atoms with E-state index in [9.17, 15) is 10.2 Å². The third-order valence-electron chi connectivity index (χ3n) is 2.46. The van der Waals surface area contributed by atoms with Crippen LogP contribution in [0.1, 0.15) is 25.5 Å². The molecule has 1 aromatic rings. The maximum absolute atomic E-state index is 9.94. The lowest BCUT2D eigenvalue weighted by atomic mass is 9.96. The molecule has 0 aliphatic rings. The minimum atomic E-state index is -0.902. The largest absolute Gasteiger partial charge is 0.496 e. The zero-order chi connectivity index (χ0) is 11.4. The van der Waals surface area contributed by atoms with Crippen LogP contribution in [0.4, 0.5) is 0 Å². The first-order valence-electron chi connectivity index (χ1n) is 5.07. The van der Waals surface area contributed by atoms with Gasteiger partial charge in [0.1, 0.15) is 11.9 Å². The first kappa shape index (κ1) is 12.0. The number of ether oxygens (including phenoxy) is 1. The van der Waals surface area contributed by atoms with Gasteiger partial charge >= 0.3 is 0 Å². The van der Waals surface area contributed by atoms with Crippen molar-refractivity contribution in [3.8, 4) is 5.75 Å². The van der Waals surface area contributed by atoms with Crippen molar-refractivity contribution in [1.29, 1.82) is 0 Å². The second-order valence-electron chi connectivity index (χ2n) is 3.92. The molecule has 0 amide bonds. The third kappa shape index (κ3) is 2.70. The number of hydrogen-bond acceptors (Lipinski definition) is 3. The van der Waals surface area contributed by atoms with E-state index in [0.717, 1.165) is 0 Å². The molecule has 0 heterocycles. The highest BCUT2D eigenvalue weighted by Crippen LogP contribution is 2.29. The molecule has 0 aliphatic heterocycles. The normalized spacial score (nSPS) is 15.1. The van der Waals surface area contributed by atoms with Crippen LogP contribution in [-0.4, -0.2) is 23.4 Å². The fraction of sp³-hybridized carbons (Fsp3) is 0.500. The predicted octanol–water partition coefficient (Wildman–Crippen LogP) is 1.75. The van der Waals surface area contributed by atoms with Crippen molar-refractivity contribution in [3.05, 3.63) is 29.8 Å². The van der Waals surface area contributed by atoms with E-state index in [1.165, 1.54) is 0 Å². The second-order valence-corrected chi connectivity index (χ2v) is 3.92. The molecular formula is C12H18O3. The van der Waals surface area contributed by atoms with Crippen LogP contribution in [0.2, 0.25) is 0 Å². The van der Waals surface area contributed by atoms with E-state index in [2.05, 4.69) is 0 Å². The van der Waals surface area contributed by atoms with Crippen molar-refractivity contribution >= 4 is 0 Å². The predicted molar refractivity (Wildman–Crippen MR) is 58.8 cm³/mol. The van der Waals surface area contributed by atoms with Gasteiger partial charge in [0.25, 0.3) is 0 Å². The SMILES string of the molecule is COc1ccccc1C(O)C(O)C(C)C. The number of para-hydroxylation sites is 1. The van der Waals surface area contributed by atoms with Gasteiger partial charge in [0.15, 0.2) is 0 Å². The van der Waals surface area contributed by atoms with Gasteiger partial charge < -0.3 is 14.9 Å². The molecule has 2 unspecified atom stereocenters. The maximum Gasteiger partial charge on any atom is 0.124 e. The van der Waals surface area contributed by atoms with Crippen LogP contribution in [0.25, 0.3) is 0 Å². The van der Waals surface area contributed by atoms with Crippen molar-refractivity contribution in [2.24, 2.45) is 5.92 Å². The Kier molecular flexibility index (Phi) is 4.12. The summed E-state index contributed by atoms with van der Waals surface area (Å²) in [5.74, 6) is 0.606. The summed E-state index contributed by atoms with van der Waals surface area (Å²) in [6.07, 6.45) is -1.68. The second kappa shape index (κ2) is 5.14. The molecule has 0 saturated heterocycles. The van der Waals surface area contributed by atoms with Gasteiger partial charge in [0, 0.05) is 5.56 Å². The average molecular weight is 210 g/mol. The summed E-state index contributed by atoms with van der Waals surface area (Å²) in [5, 5.41) is 19.7.